The van der Waals surface area contributed by atoms with Crippen molar-refractivity contribution < 1.29 is 9.53 Å². The van der Waals surface area contributed by atoms with Gasteiger partial charge in [0.1, 0.15) is 12.4 Å². The minimum Gasteiger partial charge on any atom is -0.489 e. The molecular formula is C21H25N3O2. The number of pyridine rings is 1. The predicted molar refractivity (Wildman–Crippen MR) is 103 cm³/mol. The standard InChI is InChI=1S/C21H25N3O2/c1-23-12-3-13-24(15-14-23)21(25)10-7-18-5-8-20(9-6-18)26-17-19-4-2-11-22-16-19/h2,4-11,16H,3,12-15,17H2,1H3/b10-7+. The van der Waals surface area contributed by atoms with Crippen molar-refractivity contribution in [2.75, 3.05) is 33.2 Å². The van der Waals surface area contributed by atoms with Crippen molar-refractivity contribution in [2.45, 2.75) is 13.0 Å². The summed E-state index contributed by atoms with van der Waals surface area (Å²) in [5, 5.41) is 0. The molecule has 1 fully saturated rings. The number of hydrogen-bond acceptors (Lipinski definition) is 4. The molecule has 1 aromatic heterocycles. The summed E-state index contributed by atoms with van der Waals surface area (Å²) in [5.41, 5.74) is 2.02. The highest BCUT2D eigenvalue weighted by molar-refractivity contribution is 5.91. The minimum atomic E-state index is 0.0807. The lowest BCUT2D eigenvalue weighted by atomic mass is 10.2. The van der Waals surface area contributed by atoms with Gasteiger partial charge in [0, 0.05) is 43.7 Å². The summed E-state index contributed by atoms with van der Waals surface area (Å²) in [6.45, 7) is 4.09. The van der Waals surface area contributed by atoms with E-state index in [0.717, 1.165) is 49.5 Å². The van der Waals surface area contributed by atoms with E-state index in [1.807, 2.05) is 47.4 Å². The normalized spacial score (nSPS) is 15.8. The Morgan fingerprint density at radius 1 is 1.15 bits per heavy atom. The molecule has 0 spiro atoms. The van der Waals surface area contributed by atoms with E-state index in [1.54, 1.807) is 18.5 Å². The monoisotopic (exact) mass is 351 g/mol. The zero-order valence-electron chi connectivity index (χ0n) is 15.2. The second kappa shape index (κ2) is 9.15. The molecule has 5 heteroatoms. The number of likely N-dealkylation sites (N-methyl/N-ethyl adjacent to an activating group) is 1. The molecule has 0 N–H and O–H groups in total. The quantitative estimate of drug-likeness (QED) is 0.777. The molecule has 1 aliphatic rings. The molecule has 5 nitrogen and oxygen atoms in total. The topological polar surface area (TPSA) is 45.7 Å². The van der Waals surface area contributed by atoms with Gasteiger partial charge in [-0.05, 0) is 49.9 Å². The number of carbonyl (C=O) groups excluding carboxylic acids is 1. The lowest BCUT2D eigenvalue weighted by Crippen LogP contribution is -2.33. The van der Waals surface area contributed by atoms with Gasteiger partial charge in [-0.15, -0.1) is 0 Å². The molecule has 1 aromatic carbocycles. The Morgan fingerprint density at radius 3 is 2.77 bits per heavy atom. The average molecular weight is 351 g/mol. The molecule has 3 rings (SSSR count). The molecule has 0 atom stereocenters. The van der Waals surface area contributed by atoms with Crippen molar-refractivity contribution in [3.05, 3.63) is 66.0 Å². The number of rotatable bonds is 5. The van der Waals surface area contributed by atoms with Gasteiger partial charge in [0.05, 0.1) is 0 Å². The van der Waals surface area contributed by atoms with E-state index in [9.17, 15) is 4.79 Å². The summed E-state index contributed by atoms with van der Waals surface area (Å²) < 4.78 is 5.75. The highest BCUT2D eigenvalue weighted by Crippen LogP contribution is 2.15. The van der Waals surface area contributed by atoms with Crippen molar-refractivity contribution in [3.8, 4) is 5.75 Å². The number of carbonyl (C=O) groups is 1. The van der Waals surface area contributed by atoms with E-state index in [0.29, 0.717) is 6.61 Å². The molecule has 0 bridgehead atoms. The number of amides is 1. The molecule has 2 heterocycles. The van der Waals surface area contributed by atoms with Crippen LogP contribution < -0.4 is 4.74 Å². The molecular weight excluding hydrogens is 326 g/mol. The highest BCUT2D eigenvalue weighted by atomic mass is 16.5. The maximum Gasteiger partial charge on any atom is 0.246 e. The van der Waals surface area contributed by atoms with Crippen LogP contribution in [0.2, 0.25) is 0 Å². The van der Waals surface area contributed by atoms with Crippen LogP contribution in [0, 0.1) is 0 Å². The minimum absolute atomic E-state index is 0.0807. The number of nitrogens with zero attached hydrogens (tertiary/aromatic N) is 3. The first-order chi connectivity index (χ1) is 12.7. The van der Waals surface area contributed by atoms with Crippen LogP contribution in [0.25, 0.3) is 6.08 Å². The van der Waals surface area contributed by atoms with Crippen molar-refractivity contribution >= 4 is 12.0 Å². The second-order valence-corrected chi connectivity index (χ2v) is 6.53. The average Bonchev–Trinajstić information content (AvgIpc) is 2.91. The number of hydrogen-bond donors (Lipinski definition) is 0. The molecule has 1 aliphatic heterocycles. The lowest BCUT2D eigenvalue weighted by molar-refractivity contribution is -0.125. The molecule has 136 valence electrons. The van der Waals surface area contributed by atoms with E-state index in [-0.39, 0.29) is 5.91 Å². The van der Waals surface area contributed by atoms with Gasteiger partial charge in [0.15, 0.2) is 0 Å². The van der Waals surface area contributed by atoms with Gasteiger partial charge >= 0.3 is 0 Å². The Bertz CT molecular complexity index is 729. The van der Waals surface area contributed by atoms with Gasteiger partial charge < -0.3 is 14.5 Å². The van der Waals surface area contributed by atoms with E-state index < -0.39 is 0 Å². The Kier molecular flexibility index (Phi) is 6.39. The first-order valence-corrected chi connectivity index (χ1v) is 8.98. The molecule has 0 radical (unpaired) electrons. The van der Waals surface area contributed by atoms with Gasteiger partial charge in [0.25, 0.3) is 0 Å². The molecule has 26 heavy (non-hydrogen) atoms. The number of ether oxygens (including phenoxy) is 1. The summed E-state index contributed by atoms with van der Waals surface area (Å²) >= 11 is 0. The van der Waals surface area contributed by atoms with Crippen LogP contribution in [0.15, 0.2) is 54.9 Å². The van der Waals surface area contributed by atoms with E-state index in [2.05, 4.69) is 16.9 Å². The molecule has 2 aromatic rings. The Balaban J connectivity index is 1.51. The molecule has 0 aliphatic carbocycles. The summed E-state index contributed by atoms with van der Waals surface area (Å²) in [5.74, 6) is 0.880. The van der Waals surface area contributed by atoms with E-state index >= 15 is 0 Å². The van der Waals surface area contributed by atoms with Crippen LogP contribution in [-0.2, 0) is 11.4 Å². The van der Waals surface area contributed by atoms with Gasteiger partial charge in [0.2, 0.25) is 5.91 Å². The SMILES string of the molecule is CN1CCCN(C(=O)/C=C/c2ccc(OCc3cccnc3)cc2)CC1. The Morgan fingerprint density at radius 2 is 2.00 bits per heavy atom. The van der Waals surface area contributed by atoms with Crippen LogP contribution in [0.5, 0.6) is 5.75 Å². The van der Waals surface area contributed by atoms with Crippen LogP contribution in [0.4, 0.5) is 0 Å². The lowest BCUT2D eigenvalue weighted by Gasteiger charge is -2.18. The fraction of sp³-hybridized carbons (Fsp3) is 0.333. The van der Waals surface area contributed by atoms with E-state index in [1.165, 1.54) is 0 Å². The fourth-order valence-electron chi connectivity index (χ4n) is 2.87. The number of aromatic nitrogens is 1. The summed E-state index contributed by atoms with van der Waals surface area (Å²) in [6, 6.07) is 11.6. The summed E-state index contributed by atoms with van der Waals surface area (Å²) in [7, 11) is 2.10. The van der Waals surface area contributed by atoms with Crippen LogP contribution in [0.3, 0.4) is 0 Å². The Labute approximate surface area is 154 Å². The van der Waals surface area contributed by atoms with Gasteiger partial charge in [-0.25, -0.2) is 0 Å². The van der Waals surface area contributed by atoms with E-state index in [4.69, 9.17) is 4.74 Å². The fourth-order valence-corrected chi connectivity index (χ4v) is 2.87. The third-order valence-electron chi connectivity index (χ3n) is 4.46. The maximum absolute atomic E-state index is 12.3. The molecule has 1 amide bonds. The van der Waals surface area contributed by atoms with Crippen molar-refractivity contribution in [3.63, 3.8) is 0 Å². The zero-order valence-corrected chi connectivity index (χ0v) is 15.2. The smallest absolute Gasteiger partial charge is 0.246 e. The first kappa shape index (κ1) is 18.1. The molecule has 1 saturated heterocycles. The number of benzene rings is 1. The largest absolute Gasteiger partial charge is 0.489 e. The zero-order chi connectivity index (χ0) is 18.2. The highest BCUT2D eigenvalue weighted by Gasteiger charge is 2.14. The molecule has 0 unspecified atom stereocenters. The van der Waals surface area contributed by atoms with Crippen LogP contribution in [-0.4, -0.2) is 53.9 Å². The van der Waals surface area contributed by atoms with Gasteiger partial charge in [-0.2, -0.15) is 0 Å². The molecule has 0 saturated carbocycles. The van der Waals surface area contributed by atoms with Crippen LogP contribution >= 0.6 is 0 Å². The van der Waals surface area contributed by atoms with Crippen molar-refractivity contribution in [1.82, 2.24) is 14.8 Å². The Hall–Kier alpha value is -2.66. The van der Waals surface area contributed by atoms with Crippen molar-refractivity contribution in [1.29, 1.82) is 0 Å². The van der Waals surface area contributed by atoms with Gasteiger partial charge in [-0.3, -0.25) is 9.78 Å². The van der Waals surface area contributed by atoms with Crippen molar-refractivity contribution in [2.24, 2.45) is 0 Å². The van der Waals surface area contributed by atoms with Crippen LogP contribution in [0.1, 0.15) is 17.5 Å². The summed E-state index contributed by atoms with van der Waals surface area (Å²) in [6.07, 6.45) is 8.09. The first-order valence-electron chi connectivity index (χ1n) is 8.98. The van der Waals surface area contributed by atoms with Gasteiger partial charge in [-0.1, -0.05) is 18.2 Å². The maximum atomic E-state index is 12.3. The third-order valence-corrected chi connectivity index (χ3v) is 4.46. The summed E-state index contributed by atoms with van der Waals surface area (Å²) in [4.78, 5) is 20.6. The third kappa shape index (κ3) is 5.43. The predicted octanol–water partition coefficient (Wildman–Crippen LogP) is 2.84. The second-order valence-electron chi connectivity index (χ2n) is 6.53.